The van der Waals surface area contributed by atoms with Gasteiger partial charge in [-0.3, -0.25) is 4.90 Å². The second-order valence-electron chi connectivity index (χ2n) is 6.03. The highest BCUT2D eigenvalue weighted by Gasteiger charge is 2.25. The van der Waals surface area contributed by atoms with Crippen molar-refractivity contribution in [2.45, 2.75) is 45.7 Å². The maximum atomic E-state index is 9.00. The van der Waals surface area contributed by atoms with Gasteiger partial charge in [0.25, 0.3) is 0 Å². The van der Waals surface area contributed by atoms with Crippen LogP contribution in [-0.2, 0) is 0 Å². The maximum Gasteiger partial charge on any atom is 0.0965 e. The standard InChI is InChI=1S/C14H28N4/c1-5-16-13(12-15)6-7-17-8-10-18(11-9-17)14(2,3)4/h13,16H,5-11H2,1-4H3. The molecule has 1 N–H and O–H groups in total. The van der Waals surface area contributed by atoms with Crippen LogP contribution in [-0.4, -0.2) is 60.6 Å². The van der Waals surface area contributed by atoms with Crippen molar-refractivity contribution in [2.24, 2.45) is 0 Å². The van der Waals surface area contributed by atoms with Crippen molar-refractivity contribution >= 4 is 0 Å². The lowest BCUT2D eigenvalue weighted by atomic mass is 10.0. The average Bonchev–Trinajstić information content (AvgIpc) is 2.34. The summed E-state index contributed by atoms with van der Waals surface area (Å²) in [6, 6.07) is 2.34. The average molecular weight is 252 g/mol. The first kappa shape index (κ1) is 15.4. The van der Waals surface area contributed by atoms with Crippen LogP contribution in [0.3, 0.4) is 0 Å². The predicted molar refractivity (Wildman–Crippen MR) is 75.5 cm³/mol. The molecule has 1 unspecified atom stereocenters. The van der Waals surface area contributed by atoms with Gasteiger partial charge in [-0.2, -0.15) is 5.26 Å². The fourth-order valence-corrected chi connectivity index (χ4v) is 2.41. The molecule has 0 amide bonds. The van der Waals surface area contributed by atoms with Gasteiger partial charge in [0.15, 0.2) is 0 Å². The summed E-state index contributed by atoms with van der Waals surface area (Å²) in [6.45, 7) is 15.3. The van der Waals surface area contributed by atoms with E-state index < -0.39 is 0 Å². The van der Waals surface area contributed by atoms with Gasteiger partial charge in [-0.1, -0.05) is 6.92 Å². The zero-order chi connectivity index (χ0) is 13.6. The quantitative estimate of drug-likeness (QED) is 0.801. The van der Waals surface area contributed by atoms with Gasteiger partial charge < -0.3 is 10.2 Å². The van der Waals surface area contributed by atoms with E-state index in [0.717, 1.165) is 45.7 Å². The molecule has 1 fully saturated rings. The van der Waals surface area contributed by atoms with Gasteiger partial charge in [-0.05, 0) is 33.7 Å². The van der Waals surface area contributed by atoms with Gasteiger partial charge in [-0.15, -0.1) is 0 Å². The zero-order valence-electron chi connectivity index (χ0n) is 12.4. The van der Waals surface area contributed by atoms with Crippen molar-refractivity contribution in [3.63, 3.8) is 0 Å². The number of nitriles is 1. The topological polar surface area (TPSA) is 42.3 Å². The van der Waals surface area contributed by atoms with Gasteiger partial charge in [0.1, 0.15) is 0 Å². The summed E-state index contributed by atoms with van der Waals surface area (Å²) in [5.74, 6) is 0. The fourth-order valence-electron chi connectivity index (χ4n) is 2.41. The molecule has 1 aliphatic heterocycles. The third-order valence-corrected chi connectivity index (χ3v) is 3.66. The summed E-state index contributed by atoms with van der Waals surface area (Å²) >= 11 is 0. The molecule has 0 spiro atoms. The highest BCUT2D eigenvalue weighted by molar-refractivity contribution is 4.90. The first-order chi connectivity index (χ1) is 8.47. The summed E-state index contributed by atoms with van der Waals surface area (Å²) in [6.07, 6.45) is 0.930. The Labute approximate surface area is 112 Å². The van der Waals surface area contributed by atoms with E-state index in [9.17, 15) is 0 Å². The van der Waals surface area contributed by atoms with E-state index in [1.54, 1.807) is 0 Å². The summed E-state index contributed by atoms with van der Waals surface area (Å²) in [4.78, 5) is 5.01. The Morgan fingerprint density at radius 3 is 2.28 bits per heavy atom. The number of hydrogen-bond donors (Lipinski definition) is 1. The summed E-state index contributed by atoms with van der Waals surface area (Å²) in [7, 11) is 0. The zero-order valence-corrected chi connectivity index (χ0v) is 12.4. The third-order valence-electron chi connectivity index (χ3n) is 3.66. The lowest BCUT2D eigenvalue weighted by Gasteiger charge is -2.42. The van der Waals surface area contributed by atoms with Crippen LogP contribution < -0.4 is 5.32 Å². The van der Waals surface area contributed by atoms with Crippen molar-refractivity contribution in [2.75, 3.05) is 39.3 Å². The molecule has 1 rings (SSSR count). The van der Waals surface area contributed by atoms with Gasteiger partial charge in [0.2, 0.25) is 0 Å². The maximum absolute atomic E-state index is 9.00. The van der Waals surface area contributed by atoms with E-state index in [4.69, 9.17) is 5.26 Å². The van der Waals surface area contributed by atoms with E-state index in [1.807, 2.05) is 6.92 Å². The molecule has 0 aromatic carbocycles. The Morgan fingerprint density at radius 2 is 1.83 bits per heavy atom. The van der Waals surface area contributed by atoms with E-state index in [0.29, 0.717) is 0 Å². The Hall–Kier alpha value is -0.630. The second kappa shape index (κ2) is 7.08. The third kappa shape index (κ3) is 4.93. The fraction of sp³-hybridized carbons (Fsp3) is 0.929. The molecule has 0 bridgehead atoms. The van der Waals surface area contributed by atoms with Crippen LogP contribution >= 0.6 is 0 Å². The summed E-state index contributed by atoms with van der Waals surface area (Å²) in [5.41, 5.74) is 0.283. The SMILES string of the molecule is CCNC(C#N)CCN1CCN(C(C)(C)C)CC1. The van der Waals surface area contributed by atoms with Crippen LogP contribution in [0.4, 0.5) is 0 Å². The largest absolute Gasteiger partial charge is 0.302 e. The molecule has 0 aromatic rings. The number of nitrogens with one attached hydrogen (secondary N) is 1. The Kier molecular flexibility index (Phi) is 6.07. The number of hydrogen-bond acceptors (Lipinski definition) is 4. The van der Waals surface area contributed by atoms with Crippen LogP contribution in [0.5, 0.6) is 0 Å². The second-order valence-corrected chi connectivity index (χ2v) is 6.03. The molecular formula is C14H28N4. The lowest BCUT2D eigenvalue weighted by molar-refractivity contribution is 0.0613. The highest BCUT2D eigenvalue weighted by atomic mass is 15.3. The van der Waals surface area contributed by atoms with Crippen LogP contribution in [0, 0.1) is 11.3 Å². The summed E-state index contributed by atoms with van der Waals surface area (Å²) < 4.78 is 0. The van der Waals surface area contributed by atoms with Crippen molar-refractivity contribution < 1.29 is 0 Å². The van der Waals surface area contributed by atoms with Crippen LogP contribution in [0.2, 0.25) is 0 Å². The molecule has 104 valence electrons. The first-order valence-corrected chi connectivity index (χ1v) is 7.07. The first-order valence-electron chi connectivity index (χ1n) is 7.07. The van der Waals surface area contributed by atoms with Gasteiger partial charge >= 0.3 is 0 Å². The van der Waals surface area contributed by atoms with Crippen molar-refractivity contribution in [1.29, 1.82) is 5.26 Å². The molecule has 0 saturated carbocycles. The smallest absolute Gasteiger partial charge is 0.0965 e. The number of rotatable bonds is 5. The van der Waals surface area contributed by atoms with Crippen LogP contribution in [0.15, 0.2) is 0 Å². The molecule has 0 aromatic heterocycles. The molecule has 1 aliphatic rings. The van der Waals surface area contributed by atoms with Gasteiger partial charge in [0.05, 0.1) is 12.1 Å². The molecule has 1 atom stereocenters. The summed E-state index contributed by atoms with van der Waals surface area (Å²) in [5, 5.41) is 12.2. The van der Waals surface area contributed by atoms with E-state index in [-0.39, 0.29) is 11.6 Å². The van der Waals surface area contributed by atoms with Crippen LogP contribution in [0.25, 0.3) is 0 Å². The van der Waals surface area contributed by atoms with Crippen molar-refractivity contribution in [1.82, 2.24) is 15.1 Å². The van der Waals surface area contributed by atoms with Gasteiger partial charge in [0, 0.05) is 38.3 Å². The number of piperazine rings is 1. The Balaban J connectivity index is 2.26. The molecule has 4 nitrogen and oxygen atoms in total. The normalized spacial score (nSPS) is 20.6. The van der Waals surface area contributed by atoms with E-state index in [2.05, 4.69) is 42.0 Å². The van der Waals surface area contributed by atoms with Crippen molar-refractivity contribution in [3.8, 4) is 6.07 Å². The minimum absolute atomic E-state index is 0.00986. The minimum Gasteiger partial charge on any atom is -0.302 e. The monoisotopic (exact) mass is 252 g/mol. The minimum atomic E-state index is 0.00986. The molecule has 4 heteroatoms. The molecule has 1 saturated heterocycles. The molecule has 18 heavy (non-hydrogen) atoms. The molecule has 0 aliphatic carbocycles. The van der Waals surface area contributed by atoms with E-state index >= 15 is 0 Å². The van der Waals surface area contributed by atoms with Crippen molar-refractivity contribution in [3.05, 3.63) is 0 Å². The van der Waals surface area contributed by atoms with Crippen LogP contribution in [0.1, 0.15) is 34.1 Å². The predicted octanol–water partition coefficient (Wildman–Crippen LogP) is 1.29. The molecule has 1 heterocycles. The molecular weight excluding hydrogens is 224 g/mol. The lowest BCUT2D eigenvalue weighted by Crippen LogP contribution is -2.53. The highest BCUT2D eigenvalue weighted by Crippen LogP contribution is 2.15. The van der Waals surface area contributed by atoms with Gasteiger partial charge in [-0.25, -0.2) is 0 Å². The number of nitrogens with zero attached hydrogens (tertiary/aromatic N) is 3. The van der Waals surface area contributed by atoms with E-state index in [1.165, 1.54) is 0 Å². The Bertz CT molecular complexity index is 268. The molecule has 0 radical (unpaired) electrons. The Morgan fingerprint density at radius 1 is 1.22 bits per heavy atom.